The number of hydrogen-bond acceptors (Lipinski definition) is 2. The van der Waals surface area contributed by atoms with Crippen molar-refractivity contribution in [3.8, 4) is 0 Å². The Morgan fingerprint density at radius 1 is 1.24 bits per heavy atom. The number of carbonyl (C=O) groups excluding carboxylic acids is 1. The van der Waals surface area contributed by atoms with Gasteiger partial charge in [0.1, 0.15) is 0 Å². The molecule has 1 aliphatic rings. The highest BCUT2D eigenvalue weighted by molar-refractivity contribution is 5.77. The minimum atomic E-state index is -4.33. The first-order valence-corrected chi connectivity index (χ1v) is 9.00. The molecule has 1 fully saturated rings. The fourth-order valence-electron chi connectivity index (χ4n) is 3.37. The number of alkyl halides is 3. The molecule has 140 valence electrons. The van der Waals surface area contributed by atoms with E-state index in [0.29, 0.717) is 6.42 Å². The van der Waals surface area contributed by atoms with Crippen molar-refractivity contribution in [2.24, 2.45) is 0 Å². The molecule has 0 saturated carbocycles. The number of benzene rings is 1. The predicted molar refractivity (Wildman–Crippen MR) is 92.4 cm³/mol. The summed E-state index contributed by atoms with van der Waals surface area (Å²) in [5, 5.41) is 3.30. The molecule has 2 rings (SSSR count). The first-order valence-electron chi connectivity index (χ1n) is 9.00. The molecule has 1 atom stereocenters. The second-order valence-electron chi connectivity index (χ2n) is 6.79. The van der Waals surface area contributed by atoms with Crippen LogP contribution in [-0.4, -0.2) is 36.5 Å². The molecule has 1 aromatic rings. The zero-order chi connectivity index (χ0) is 18.4. The summed E-state index contributed by atoms with van der Waals surface area (Å²) in [5.41, 5.74) is 0.111. The van der Waals surface area contributed by atoms with Gasteiger partial charge in [0, 0.05) is 19.0 Å². The van der Waals surface area contributed by atoms with E-state index in [9.17, 15) is 18.0 Å². The Balaban J connectivity index is 2.01. The molecule has 0 spiro atoms. The van der Waals surface area contributed by atoms with E-state index in [2.05, 4.69) is 12.2 Å². The molecule has 0 bridgehead atoms. The minimum Gasteiger partial charge on any atom is -0.340 e. The highest BCUT2D eigenvalue weighted by Crippen LogP contribution is 2.31. The van der Waals surface area contributed by atoms with Crippen LogP contribution in [0.4, 0.5) is 13.2 Å². The Morgan fingerprint density at radius 3 is 2.36 bits per heavy atom. The molecule has 1 heterocycles. The third kappa shape index (κ3) is 5.46. The highest BCUT2D eigenvalue weighted by Gasteiger charge is 2.30. The van der Waals surface area contributed by atoms with Crippen LogP contribution in [0, 0.1) is 0 Å². The quantitative estimate of drug-likeness (QED) is 0.829. The summed E-state index contributed by atoms with van der Waals surface area (Å²) in [6, 6.07) is 5.42. The zero-order valence-electron chi connectivity index (χ0n) is 14.9. The Hall–Kier alpha value is -1.56. The predicted octanol–water partition coefficient (Wildman–Crippen LogP) is 4.19. The first-order chi connectivity index (χ1) is 11.8. The normalized spacial score (nSPS) is 17.3. The van der Waals surface area contributed by atoms with E-state index in [1.807, 2.05) is 11.8 Å². The van der Waals surface area contributed by atoms with Crippen molar-refractivity contribution in [3.63, 3.8) is 0 Å². The number of hydrogen-bond donors (Lipinski definition) is 1. The van der Waals surface area contributed by atoms with Gasteiger partial charge < -0.3 is 10.2 Å². The SMILES string of the molecule is CCCN(C(=O)CC(C)c1ccc(C(F)(F)F)cc1)C1CCNCC1. The van der Waals surface area contributed by atoms with E-state index >= 15 is 0 Å². The van der Waals surface area contributed by atoms with E-state index < -0.39 is 11.7 Å². The van der Waals surface area contributed by atoms with Crippen molar-refractivity contribution >= 4 is 5.91 Å². The van der Waals surface area contributed by atoms with Gasteiger partial charge in [-0.15, -0.1) is 0 Å². The first kappa shape index (κ1) is 19.8. The van der Waals surface area contributed by atoms with Gasteiger partial charge in [-0.2, -0.15) is 13.2 Å². The number of piperidine rings is 1. The average molecular weight is 356 g/mol. The van der Waals surface area contributed by atoms with E-state index in [1.54, 1.807) is 0 Å². The number of halogens is 3. The Kier molecular flexibility index (Phi) is 6.87. The van der Waals surface area contributed by atoms with Gasteiger partial charge in [0.15, 0.2) is 0 Å². The monoisotopic (exact) mass is 356 g/mol. The fraction of sp³-hybridized carbons (Fsp3) is 0.632. The summed E-state index contributed by atoms with van der Waals surface area (Å²) in [5.74, 6) is -0.00277. The molecule has 3 nitrogen and oxygen atoms in total. The molecule has 1 unspecified atom stereocenters. The van der Waals surface area contributed by atoms with E-state index in [4.69, 9.17) is 0 Å². The summed E-state index contributed by atoms with van der Waals surface area (Å²) in [6.45, 7) is 6.54. The maximum Gasteiger partial charge on any atom is 0.416 e. The smallest absolute Gasteiger partial charge is 0.340 e. The van der Waals surface area contributed by atoms with Crippen LogP contribution < -0.4 is 5.32 Å². The van der Waals surface area contributed by atoms with Crippen molar-refractivity contribution in [2.75, 3.05) is 19.6 Å². The molecule has 6 heteroatoms. The standard InChI is InChI=1S/C19H27F3N2O/c1-3-12-24(17-8-10-23-11-9-17)18(25)13-14(2)15-4-6-16(7-5-15)19(20,21)22/h4-7,14,17,23H,3,8-13H2,1-2H3. The van der Waals surface area contributed by atoms with Crippen molar-refractivity contribution < 1.29 is 18.0 Å². The molecular weight excluding hydrogens is 329 g/mol. The molecular formula is C19H27F3N2O. The summed E-state index contributed by atoms with van der Waals surface area (Å²) >= 11 is 0. The molecule has 25 heavy (non-hydrogen) atoms. The molecule has 1 saturated heterocycles. The molecule has 1 N–H and O–H groups in total. The van der Waals surface area contributed by atoms with Gasteiger partial charge in [-0.3, -0.25) is 4.79 Å². The Morgan fingerprint density at radius 2 is 1.84 bits per heavy atom. The lowest BCUT2D eigenvalue weighted by atomic mass is 9.95. The Bertz CT molecular complexity index is 551. The van der Waals surface area contributed by atoms with Crippen LogP contribution in [0.1, 0.15) is 56.6 Å². The van der Waals surface area contributed by atoms with Crippen LogP contribution in [0.3, 0.4) is 0 Å². The average Bonchev–Trinajstić information content (AvgIpc) is 2.59. The topological polar surface area (TPSA) is 32.3 Å². The van der Waals surface area contributed by atoms with Crippen LogP contribution in [-0.2, 0) is 11.0 Å². The number of rotatable bonds is 6. The van der Waals surface area contributed by atoms with E-state index in [0.717, 1.165) is 56.6 Å². The van der Waals surface area contributed by atoms with Crippen molar-refractivity contribution in [1.82, 2.24) is 10.2 Å². The van der Waals surface area contributed by atoms with Crippen molar-refractivity contribution in [3.05, 3.63) is 35.4 Å². The lowest BCUT2D eigenvalue weighted by molar-refractivity contribution is -0.137. The maximum absolute atomic E-state index is 12.8. The molecule has 1 aliphatic heterocycles. The van der Waals surface area contributed by atoms with E-state index in [1.165, 1.54) is 12.1 Å². The van der Waals surface area contributed by atoms with Crippen LogP contribution in [0.15, 0.2) is 24.3 Å². The zero-order valence-corrected chi connectivity index (χ0v) is 14.9. The number of carbonyl (C=O) groups is 1. The van der Waals surface area contributed by atoms with Gasteiger partial charge in [-0.25, -0.2) is 0 Å². The van der Waals surface area contributed by atoms with Crippen LogP contribution in [0.5, 0.6) is 0 Å². The molecule has 0 aromatic heterocycles. The number of nitrogens with one attached hydrogen (secondary N) is 1. The number of amides is 1. The van der Waals surface area contributed by atoms with Crippen molar-refractivity contribution in [2.45, 2.75) is 57.7 Å². The third-order valence-corrected chi connectivity index (χ3v) is 4.82. The fourth-order valence-corrected chi connectivity index (χ4v) is 3.37. The second-order valence-corrected chi connectivity index (χ2v) is 6.79. The lowest BCUT2D eigenvalue weighted by Gasteiger charge is -2.35. The van der Waals surface area contributed by atoms with Crippen LogP contribution >= 0.6 is 0 Å². The van der Waals surface area contributed by atoms with Crippen LogP contribution in [0.2, 0.25) is 0 Å². The molecule has 1 aromatic carbocycles. The summed E-state index contributed by atoms with van der Waals surface area (Å²) in [6.07, 6.45) is -1.18. The summed E-state index contributed by atoms with van der Waals surface area (Å²) in [7, 11) is 0. The van der Waals surface area contributed by atoms with Gasteiger partial charge in [0.25, 0.3) is 0 Å². The molecule has 1 amide bonds. The van der Waals surface area contributed by atoms with Gasteiger partial charge in [0.05, 0.1) is 5.56 Å². The summed E-state index contributed by atoms with van der Waals surface area (Å²) in [4.78, 5) is 14.7. The van der Waals surface area contributed by atoms with Crippen LogP contribution in [0.25, 0.3) is 0 Å². The highest BCUT2D eigenvalue weighted by atomic mass is 19.4. The maximum atomic E-state index is 12.8. The third-order valence-electron chi connectivity index (χ3n) is 4.82. The van der Waals surface area contributed by atoms with Gasteiger partial charge in [0.2, 0.25) is 5.91 Å². The van der Waals surface area contributed by atoms with Crippen molar-refractivity contribution in [1.29, 1.82) is 0 Å². The minimum absolute atomic E-state index is 0.0983. The van der Waals surface area contributed by atoms with E-state index in [-0.39, 0.29) is 17.9 Å². The number of nitrogens with zero attached hydrogens (tertiary/aromatic N) is 1. The molecule has 0 radical (unpaired) electrons. The van der Waals surface area contributed by atoms with Gasteiger partial charge in [-0.1, -0.05) is 26.0 Å². The second kappa shape index (κ2) is 8.70. The Labute approximate surface area is 147 Å². The molecule has 0 aliphatic carbocycles. The lowest BCUT2D eigenvalue weighted by Crippen LogP contribution is -2.46. The van der Waals surface area contributed by atoms with Gasteiger partial charge in [-0.05, 0) is 56.0 Å². The summed E-state index contributed by atoms with van der Waals surface area (Å²) < 4.78 is 38.0. The van der Waals surface area contributed by atoms with Gasteiger partial charge >= 0.3 is 6.18 Å². The largest absolute Gasteiger partial charge is 0.416 e.